The molecular weight excluding hydrogens is 257 g/mol. The Hall–Kier alpha value is -2.10. The Bertz CT molecular complexity index is 452. The summed E-state index contributed by atoms with van der Waals surface area (Å²) in [7, 11) is 0. The van der Waals surface area contributed by atoms with E-state index in [0.29, 0.717) is 0 Å². The van der Waals surface area contributed by atoms with Gasteiger partial charge in [-0.3, -0.25) is 10.1 Å². The summed E-state index contributed by atoms with van der Waals surface area (Å²) in [5.41, 5.74) is 4.84. The lowest BCUT2D eigenvalue weighted by molar-refractivity contribution is -0.384. The number of nitrogen functional groups attached to an aromatic ring is 1. The molecule has 0 aliphatic heterocycles. The molecule has 0 bridgehead atoms. The normalized spacial score (nSPS) is 13.1. The third-order valence-electron chi connectivity index (χ3n) is 1.90. The maximum atomic E-state index is 12.0. The van der Waals surface area contributed by atoms with Crippen molar-refractivity contribution in [2.75, 3.05) is 17.6 Å². The number of hydrogen-bond donors (Lipinski definition) is 3. The van der Waals surface area contributed by atoms with Crippen LogP contribution < -0.4 is 11.1 Å². The van der Waals surface area contributed by atoms with E-state index < -0.39 is 29.4 Å². The summed E-state index contributed by atoms with van der Waals surface area (Å²) in [6, 6.07) is 1.88. The van der Waals surface area contributed by atoms with Crippen molar-refractivity contribution >= 4 is 17.3 Å². The topological polar surface area (TPSA) is 114 Å². The average Bonchev–Trinajstić information content (AvgIpc) is 2.23. The molecule has 0 saturated carbocycles. The van der Waals surface area contributed by atoms with Crippen molar-refractivity contribution in [3.05, 3.63) is 22.2 Å². The SMILES string of the molecule is Nc1cc([N+](=O)[O-])cc(NCC(O)C(F)(F)F)n1. The Balaban J connectivity index is 2.77. The molecule has 0 spiro atoms. The predicted octanol–water partition coefficient (Wildman–Crippen LogP) is 0.907. The number of hydrogen-bond acceptors (Lipinski definition) is 6. The van der Waals surface area contributed by atoms with Crippen LogP contribution in [0.1, 0.15) is 0 Å². The smallest absolute Gasteiger partial charge is 0.383 e. The number of nitrogens with zero attached hydrogens (tertiary/aromatic N) is 2. The van der Waals surface area contributed by atoms with Crippen LogP contribution in [-0.2, 0) is 0 Å². The number of nitrogens with two attached hydrogens (primary N) is 1. The summed E-state index contributed by atoms with van der Waals surface area (Å²) in [6.07, 6.45) is -7.38. The van der Waals surface area contributed by atoms with Crippen LogP contribution in [0.3, 0.4) is 0 Å². The fraction of sp³-hybridized carbons (Fsp3) is 0.375. The van der Waals surface area contributed by atoms with E-state index >= 15 is 0 Å². The van der Waals surface area contributed by atoms with E-state index in [2.05, 4.69) is 10.3 Å². The van der Waals surface area contributed by atoms with Crippen molar-refractivity contribution in [3.63, 3.8) is 0 Å². The number of nitrogens with one attached hydrogen (secondary N) is 1. The third kappa shape index (κ3) is 3.73. The van der Waals surface area contributed by atoms with E-state index in [-0.39, 0.29) is 11.6 Å². The molecule has 0 aliphatic rings. The van der Waals surface area contributed by atoms with Gasteiger partial charge in [-0.05, 0) is 0 Å². The van der Waals surface area contributed by atoms with Crippen molar-refractivity contribution in [2.24, 2.45) is 0 Å². The van der Waals surface area contributed by atoms with E-state index in [1.165, 1.54) is 0 Å². The van der Waals surface area contributed by atoms with Crippen LogP contribution >= 0.6 is 0 Å². The molecule has 0 aliphatic carbocycles. The molecular formula is C8H9F3N4O3. The summed E-state index contributed by atoms with van der Waals surface area (Å²) >= 11 is 0. The summed E-state index contributed by atoms with van der Waals surface area (Å²) in [5, 5.41) is 21.3. The number of rotatable bonds is 4. The van der Waals surface area contributed by atoms with E-state index in [4.69, 9.17) is 10.8 Å². The molecule has 1 aromatic rings. The minimum atomic E-state index is -4.78. The maximum absolute atomic E-state index is 12.0. The number of aromatic nitrogens is 1. The molecule has 1 unspecified atom stereocenters. The van der Waals surface area contributed by atoms with Gasteiger partial charge >= 0.3 is 6.18 Å². The lowest BCUT2D eigenvalue weighted by atomic mass is 10.3. The Morgan fingerprint density at radius 2 is 2.17 bits per heavy atom. The van der Waals surface area contributed by atoms with Gasteiger partial charge in [0, 0.05) is 0 Å². The van der Waals surface area contributed by atoms with Crippen LogP contribution in [0.2, 0.25) is 0 Å². The molecule has 1 atom stereocenters. The predicted molar refractivity (Wildman–Crippen MR) is 55.9 cm³/mol. The number of alkyl halides is 3. The fourth-order valence-electron chi connectivity index (χ4n) is 1.05. The van der Waals surface area contributed by atoms with Gasteiger partial charge in [0.15, 0.2) is 6.10 Å². The van der Waals surface area contributed by atoms with Gasteiger partial charge in [0.05, 0.1) is 23.6 Å². The van der Waals surface area contributed by atoms with Gasteiger partial charge in [0.2, 0.25) is 0 Å². The lowest BCUT2D eigenvalue weighted by Gasteiger charge is -2.15. The van der Waals surface area contributed by atoms with Crippen molar-refractivity contribution < 1.29 is 23.2 Å². The van der Waals surface area contributed by atoms with Crippen LogP contribution in [0.25, 0.3) is 0 Å². The lowest BCUT2D eigenvalue weighted by Crippen LogP contribution is -2.35. The molecule has 1 rings (SSSR count). The molecule has 1 aromatic heterocycles. The second-order valence-electron chi connectivity index (χ2n) is 3.33. The van der Waals surface area contributed by atoms with Crippen LogP contribution in [0, 0.1) is 10.1 Å². The van der Waals surface area contributed by atoms with Crippen LogP contribution in [0.4, 0.5) is 30.5 Å². The van der Waals surface area contributed by atoms with Crippen molar-refractivity contribution in [1.82, 2.24) is 4.98 Å². The highest BCUT2D eigenvalue weighted by Crippen LogP contribution is 2.22. The van der Waals surface area contributed by atoms with Gasteiger partial charge in [0.1, 0.15) is 11.6 Å². The van der Waals surface area contributed by atoms with Crippen LogP contribution in [-0.4, -0.2) is 33.8 Å². The zero-order chi connectivity index (χ0) is 13.9. The molecule has 0 saturated heterocycles. The van der Waals surface area contributed by atoms with E-state index in [0.717, 1.165) is 12.1 Å². The highest BCUT2D eigenvalue weighted by molar-refractivity contribution is 5.52. The van der Waals surface area contributed by atoms with Gasteiger partial charge in [-0.15, -0.1) is 0 Å². The largest absolute Gasteiger partial charge is 0.416 e. The molecule has 0 aromatic carbocycles. The second kappa shape index (κ2) is 5.04. The summed E-state index contributed by atoms with van der Waals surface area (Å²) in [5.74, 6) is -0.432. The van der Waals surface area contributed by atoms with Crippen LogP contribution in [0.15, 0.2) is 12.1 Å². The molecule has 100 valence electrons. The monoisotopic (exact) mass is 266 g/mol. The van der Waals surface area contributed by atoms with Crippen molar-refractivity contribution in [2.45, 2.75) is 12.3 Å². The number of pyridine rings is 1. The number of anilines is 2. The molecule has 7 nitrogen and oxygen atoms in total. The first-order valence-electron chi connectivity index (χ1n) is 4.60. The molecule has 0 amide bonds. The Labute approximate surface area is 98.6 Å². The fourth-order valence-corrected chi connectivity index (χ4v) is 1.05. The maximum Gasteiger partial charge on any atom is 0.416 e. The van der Waals surface area contributed by atoms with Gasteiger partial charge in [-0.1, -0.05) is 0 Å². The highest BCUT2D eigenvalue weighted by Gasteiger charge is 2.37. The summed E-state index contributed by atoms with van der Waals surface area (Å²) < 4.78 is 36.0. The van der Waals surface area contributed by atoms with Crippen molar-refractivity contribution in [3.8, 4) is 0 Å². The summed E-state index contributed by atoms with van der Waals surface area (Å²) in [6.45, 7) is -0.878. The number of nitro groups is 1. The Morgan fingerprint density at radius 1 is 1.56 bits per heavy atom. The average molecular weight is 266 g/mol. The highest BCUT2D eigenvalue weighted by atomic mass is 19.4. The molecule has 10 heteroatoms. The number of halogens is 3. The van der Waals surface area contributed by atoms with Gasteiger partial charge in [-0.2, -0.15) is 13.2 Å². The molecule has 0 fully saturated rings. The minimum Gasteiger partial charge on any atom is -0.383 e. The van der Waals surface area contributed by atoms with Gasteiger partial charge in [0.25, 0.3) is 5.69 Å². The summed E-state index contributed by atoms with van der Waals surface area (Å²) in [4.78, 5) is 13.3. The number of aliphatic hydroxyl groups excluding tert-OH is 1. The third-order valence-corrected chi connectivity index (χ3v) is 1.90. The van der Waals surface area contributed by atoms with Crippen molar-refractivity contribution in [1.29, 1.82) is 0 Å². The first-order chi connectivity index (χ1) is 8.20. The number of aliphatic hydroxyl groups is 1. The molecule has 1 heterocycles. The minimum absolute atomic E-state index is 0.215. The molecule has 18 heavy (non-hydrogen) atoms. The molecule has 0 radical (unpaired) electrons. The Morgan fingerprint density at radius 3 is 2.67 bits per heavy atom. The Kier molecular flexibility index (Phi) is 3.91. The van der Waals surface area contributed by atoms with Gasteiger partial charge in [-0.25, -0.2) is 4.98 Å². The first kappa shape index (κ1) is 14.0. The molecule has 4 N–H and O–H groups in total. The van der Waals surface area contributed by atoms with E-state index in [1.54, 1.807) is 0 Å². The zero-order valence-corrected chi connectivity index (χ0v) is 8.81. The second-order valence-corrected chi connectivity index (χ2v) is 3.33. The van der Waals surface area contributed by atoms with E-state index in [9.17, 15) is 23.3 Å². The van der Waals surface area contributed by atoms with Crippen LogP contribution in [0.5, 0.6) is 0 Å². The van der Waals surface area contributed by atoms with E-state index in [1.807, 2.05) is 0 Å². The van der Waals surface area contributed by atoms with Gasteiger partial charge < -0.3 is 16.2 Å². The zero-order valence-electron chi connectivity index (χ0n) is 8.81. The standard InChI is InChI=1S/C8H9F3N4O3/c9-8(10,11)5(16)3-13-7-2-4(15(17)18)1-6(12)14-7/h1-2,5,16H,3H2,(H3,12,13,14). The quantitative estimate of drug-likeness (QED) is 0.551. The first-order valence-corrected chi connectivity index (χ1v) is 4.60.